The molecule has 5 rings (SSSR count). The lowest BCUT2D eigenvalue weighted by Crippen LogP contribution is -2.49. The first-order chi connectivity index (χ1) is 15.8. The van der Waals surface area contributed by atoms with E-state index in [4.69, 9.17) is 17.3 Å². The summed E-state index contributed by atoms with van der Waals surface area (Å²) in [6.07, 6.45) is 5.80. The number of hydrogen-bond acceptors (Lipinski definition) is 6. The van der Waals surface area contributed by atoms with Crippen molar-refractivity contribution in [2.24, 2.45) is 0 Å². The number of sulfonamides is 1. The topological polar surface area (TPSA) is 76.3 Å². The first-order valence-electron chi connectivity index (χ1n) is 11.2. The molecule has 10 heteroatoms. The molecule has 1 saturated heterocycles. The van der Waals surface area contributed by atoms with Crippen LogP contribution in [0.15, 0.2) is 47.6 Å². The van der Waals surface area contributed by atoms with Crippen LogP contribution in [0.3, 0.4) is 0 Å². The molecule has 0 spiro atoms. The highest BCUT2D eigenvalue weighted by molar-refractivity contribution is 7.89. The smallest absolute Gasteiger partial charge is 0.243 e. The molecule has 2 aliphatic rings. The monoisotopic (exact) mass is 484 g/mol. The van der Waals surface area contributed by atoms with E-state index in [0.29, 0.717) is 48.6 Å². The molecule has 1 aliphatic heterocycles. The Morgan fingerprint density at radius 2 is 1.85 bits per heavy atom. The van der Waals surface area contributed by atoms with Crippen LogP contribution in [0.1, 0.15) is 30.0 Å². The van der Waals surface area contributed by atoms with Crippen LogP contribution in [-0.4, -0.2) is 63.1 Å². The van der Waals surface area contributed by atoms with Gasteiger partial charge in [0.2, 0.25) is 10.0 Å². The third-order valence-corrected chi connectivity index (χ3v) is 8.78. The van der Waals surface area contributed by atoms with Crippen LogP contribution in [0.2, 0.25) is 0 Å². The molecule has 1 aromatic carbocycles. The zero-order chi connectivity index (χ0) is 23.2. The molecule has 1 aliphatic carbocycles. The van der Waals surface area contributed by atoms with Gasteiger partial charge in [-0.25, -0.2) is 13.1 Å². The van der Waals surface area contributed by atoms with Gasteiger partial charge in [-0.15, -0.1) is 0 Å². The van der Waals surface area contributed by atoms with Gasteiger partial charge in [0.05, 0.1) is 11.6 Å². The second-order valence-electron chi connectivity index (χ2n) is 8.88. The highest BCUT2D eigenvalue weighted by Crippen LogP contribution is 2.38. The van der Waals surface area contributed by atoms with Crippen molar-refractivity contribution >= 4 is 22.2 Å². The van der Waals surface area contributed by atoms with Crippen molar-refractivity contribution in [1.29, 1.82) is 0 Å². The molecule has 3 aromatic rings. The highest BCUT2D eigenvalue weighted by Gasteiger charge is 2.32. The van der Waals surface area contributed by atoms with Crippen molar-refractivity contribution in [2.75, 3.05) is 26.2 Å². The maximum Gasteiger partial charge on any atom is 0.243 e. The minimum absolute atomic E-state index is 0.396. The molecular weight excluding hydrogens is 456 g/mol. The lowest BCUT2D eigenvalue weighted by atomic mass is 10.2. The van der Waals surface area contributed by atoms with Gasteiger partial charge in [-0.3, -0.25) is 14.5 Å². The Morgan fingerprint density at radius 3 is 2.48 bits per heavy atom. The summed E-state index contributed by atoms with van der Waals surface area (Å²) >= 11 is 5.78. The van der Waals surface area contributed by atoms with Crippen molar-refractivity contribution in [2.45, 2.75) is 44.3 Å². The van der Waals surface area contributed by atoms with Gasteiger partial charge in [-0.05, 0) is 62.7 Å². The van der Waals surface area contributed by atoms with Crippen molar-refractivity contribution in [3.8, 4) is 11.4 Å². The van der Waals surface area contributed by atoms with Gasteiger partial charge in [-0.2, -0.15) is 9.40 Å². The number of nitrogens with zero attached hydrogens (tertiary/aromatic N) is 6. The van der Waals surface area contributed by atoms with Crippen molar-refractivity contribution < 1.29 is 8.42 Å². The largest absolute Gasteiger partial charge is 0.297 e. The van der Waals surface area contributed by atoms with Crippen molar-refractivity contribution in [1.82, 2.24) is 28.5 Å². The van der Waals surface area contributed by atoms with E-state index in [0.717, 1.165) is 35.4 Å². The molecule has 1 saturated carbocycles. The molecule has 33 heavy (non-hydrogen) atoms. The zero-order valence-corrected chi connectivity index (χ0v) is 20.5. The highest BCUT2D eigenvalue weighted by atomic mass is 32.2. The molecule has 8 nitrogen and oxygen atoms in total. The average Bonchev–Trinajstić information content (AvgIpc) is 3.58. The van der Waals surface area contributed by atoms with Crippen LogP contribution in [-0.2, 0) is 16.7 Å². The lowest BCUT2D eigenvalue weighted by molar-refractivity contribution is 0.144. The molecule has 3 heterocycles. The van der Waals surface area contributed by atoms with Crippen molar-refractivity contribution in [3.63, 3.8) is 0 Å². The summed E-state index contributed by atoms with van der Waals surface area (Å²) in [6.45, 7) is 6.52. The van der Waals surface area contributed by atoms with Crippen LogP contribution in [0.5, 0.6) is 0 Å². The summed E-state index contributed by atoms with van der Waals surface area (Å²) in [4.78, 5) is 6.84. The summed E-state index contributed by atoms with van der Waals surface area (Å²) in [5.74, 6) is 0.853. The van der Waals surface area contributed by atoms with E-state index in [9.17, 15) is 8.42 Å². The summed E-state index contributed by atoms with van der Waals surface area (Å²) in [6, 6.07) is 9.81. The molecule has 174 valence electrons. The molecule has 0 atom stereocenters. The Bertz CT molecular complexity index is 1320. The molecule has 2 aromatic heterocycles. The fourth-order valence-electron chi connectivity index (χ4n) is 4.39. The molecule has 0 bridgehead atoms. The predicted octanol–water partition coefficient (Wildman–Crippen LogP) is 3.39. The van der Waals surface area contributed by atoms with E-state index in [2.05, 4.69) is 14.5 Å². The van der Waals surface area contributed by atoms with E-state index in [-0.39, 0.29) is 0 Å². The minimum atomic E-state index is -3.50. The van der Waals surface area contributed by atoms with Gasteiger partial charge in [0.15, 0.2) is 10.6 Å². The lowest BCUT2D eigenvalue weighted by Gasteiger charge is -2.34. The number of benzene rings is 1. The third-order valence-electron chi connectivity index (χ3n) is 6.32. The number of aryl methyl sites for hydroxylation is 2. The molecule has 0 unspecified atom stereocenters. The van der Waals surface area contributed by atoms with Crippen LogP contribution < -0.4 is 0 Å². The van der Waals surface area contributed by atoms with Crippen LogP contribution >= 0.6 is 12.2 Å². The van der Waals surface area contributed by atoms with Crippen LogP contribution in [0.4, 0.5) is 0 Å². The standard InChI is InChI=1S/C23H28N6O2S2/c1-17-5-8-21(18(2)14-17)33(30,31)27-12-10-26(11-13-27)16-28-23(32)29(20-6-7-20)22(25-28)19-4-3-9-24-15-19/h3-5,8-9,14-15,20H,6-7,10-13,16H2,1-2H3. The van der Waals surface area contributed by atoms with Crippen molar-refractivity contribution in [3.05, 3.63) is 58.6 Å². The van der Waals surface area contributed by atoms with E-state index < -0.39 is 10.0 Å². The molecule has 2 fully saturated rings. The van der Waals surface area contributed by atoms with E-state index in [1.165, 1.54) is 0 Å². The summed E-state index contributed by atoms with van der Waals surface area (Å²) in [5, 5.41) is 4.83. The van der Waals surface area contributed by atoms with Crippen LogP contribution in [0.25, 0.3) is 11.4 Å². The minimum Gasteiger partial charge on any atom is -0.297 e. The summed E-state index contributed by atoms with van der Waals surface area (Å²) < 4.78 is 32.7. The maximum atomic E-state index is 13.2. The van der Waals surface area contributed by atoms with Gasteiger partial charge in [0.25, 0.3) is 0 Å². The third kappa shape index (κ3) is 4.40. The molecule has 0 N–H and O–H groups in total. The number of piperazine rings is 1. The zero-order valence-electron chi connectivity index (χ0n) is 18.9. The molecule has 0 radical (unpaired) electrons. The Labute approximate surface area is 199 Å². The Hall–Kier alpha value is -2.40. The SMILES string of the molecule is Cc1ccc(S(=O)(=O)N2CCN(Cn3nc(-c4cccnc4)n(C4CC4)c3=S)CC2)c(C)c1. The first kappa shape index (κ1) is 22.4. The van der Waals surface area contributed by atoms with Gasteiger partial charge >= 0.3 is 0 Å². The fourth-order valence-corrected chi connectivity index (χ4v) is 6.36. The Balaban J connectivity index is 1.31. The second-order valence-corrected chi connectivity index (χ2v) is 11.2. The van der Waals surface area contributed by atoms with Gasteiger partial charge in [0, 0.05) is 50.2 Å². The predicted molar refractivity (Wildman–Crippen MR) is 129 cm³/mol. The van der Waals surface area contributed by atoms with Gasteiger partial charge in [-0.1, -0.05) is 17.7 Å². The van der Waals surface area contributed by atoms with E-state index in [1.807, 2.05) is 49.0 Å². The van der Waals surface area contributed by atoms with Crippen LogP contribution in [0, 0.1) is 18.6 Å². The Morgan fingerprint density at radius 1 is 1.09 bits per heavy atom. The second kappa shape index (κ2) is 8.75. The fraction of sp³-hybridized carbons (Fsp3) is 0.435. The average molecular weight is 485 g/mol. The Kier molecular flexibility index (Phi) is 5.94. The molecule has 0 amide bonds. The summed E-state index contributed by atoms with van der Waals surface area (Å²) in [5.41, 5.74) is 2.81. The van der Waals surface area contributed by atoms with Gasteiger partial charge in [0.1, 0.15) is 0 Å². The quantitative estimate of drug-likeness (QED) is 0.499. The number of aromatic nitrogens is 4. The summed E-state index contributed by atoms with van der Waals surface area (Å²) in [7, 11) is -3.50. The maximum absolute atomic E-state index is 13.2. The number of hydrogen-bond donors (Lipinski definition) is 0. The first-order valence-corrected chi connectivity index (χ1v) is 13.1. The number of pyridine rings is 1. The van der Waals surface area contributed by atoms with E-state index in [1.54, 1.807) is 16.6 Å². The van der Waals surface area contributed by atoms with Gasteiger partial charge < -0.3 is 0 Å². The number of rotatable bonds is 6. The van der Waals surface area contributed by atoms with E-state index >= 15 is 0 Å². The normalized spacial score (nSPS) is 18.0. The molecular formula is C23H28N6O2S2.